The Morgan fingerprint density at radius 2 is 1.85 bits per heavy atom. The molecule has 1 N–H and O–H groups in total. The Balaban J connectivity index is 1.93. The van der Waals surface area contributed by atoms with Crippen molar-refractivity contribution in [1.82, 2.24) is 4.31 Å². The van der Waals surface area contributed by atoms with Crippen molar-refractivity contribution in [3.63, 3.8) is 0 Å². The van der Waals surface area contributed by atoms with Crippen LogP contribution in [0.3, 0.4) is 0 Å². The molecule has 2 amide bonds. The fourth-order valence-corrected chi connectivity index (χ4v) is 5.12. The molecule has 182 valence electrons. The van der Waals surface area contributed by atoms with Crippen LogP contribution in [0, 0.1) is 6.92 Å². The summed E-state index contributed by atoms with van der Waals surface area (Å²) in [5, 5.41) is 8.26. The first-order chi connectivity index (χ1) is 16.2. The summed E-state index contributed by atoms with van der Waals surface area (Å²) < 4.78 is 32.9. The lowest BCUT2D eigenvalue weighted by molar-refractivity contribution is -0.118. The first-order valence-corrected chi connectivity index (χ1v) is 12.7. The molecule has 9 nitrogen and oxygen atoms in total. The van der Waals surface area contributed by atoms with Gasteiger partial charge in [-0.1, -0.05) is 26.0 Å². The number of hydrogen-bond acceptors (Lipinski definition) is 6. The number of hydrazone groups is 1. The quantitative estimate of drug-likeness (QED) is 0.583. The molecule has 0 radical (unpaired) electrons. The molecule has 34 heavy (non-hydrogen) atoms. The molecule has 2 aromatic carbocycles. The van der Waals surface area contributed by atoms with Gasteiger partial charge in [0.1, 0.15) is 11.5 Å². The number of nitrogens with one attached hydrogen (secondary N) is 1. The van der Waals surface area contributed by atoms with Gasteiger partial charge in [-0.3, -0.25) is 9.59 Å². The SMILES string of the molecule is CCOc1ccc(S(=O)(=O)N(CC)CC)cc1NC(=O)C1=NN(c2cccc(C)c2)C(=O)CC1. The van der Waals surface area contributed by atoms with Crippen molar-refractivity contribution >= 4 is 38.9 Å². The van der Waals surface area contributed by atoms with E-state index in [4.69, 9.17) is 4.74 Å². The third-order valence-electron chi connectivity index (χ3n) is 5.38. The number of carbonyl (C=O) groups is 2. The highest BCUT2D eigenvalue weighted by Crippen LogP contribution is 2.30. The summed E-state index contributed by atoms with van der Waals surface area (Å²) in [7, 11) is -3.73. The van der Waals surface area contributed by atoms with Crippen LogP contribution >= 0.6 is 0 Å². The lowest BCUT2D eigenvalue weighted by Gasteiger charge is -2.24. The molecule has 0 aromatic heterocycles. The smallest absolute Gasteiger partial charge is 0.271 e. The molecule has 0 saturated heterocycles. The highest BCUT2D eigenvalue weighted by Gasteiger charge is 2.27. The van der Waals surface area contributed by atoms with Gasteiger partial charge in [0.25, 0.3) is 5.91 Å². The molecule has 0 saturated carbocycles. The van der Waals surface area contributed by atoms with E-state index in [0.717, 1.165) is 5.56 Å². The summed E-state index contributed by atoms with van der Waals surface area (Å²) in [4.78, 5) is 25.6. The minimum absolute atomic E-state index is 0.0529. The predicted octanol–water partition coefficient (Wildman–Crippen LogP) is 3.55. The van der Waals surface area contributed by atoms with Gasteiger partial charge in [-0.2, -0.15) is 9.41 Å². The molecule has 0 aliphatic carbocycles. The van der Waals surface area contributed by atoms with Crippen molar-refractivity contribution in [3.05, 3.63) is 48.0 Å². The Morgan fingerprint density at radius 3 is 2.50 bits per heavy atom. The van der Waals surface area contributed by atoms with Crippen LogP contribution in [0.2, 0.25) is 0 Å². The minimum atomic E-state index is -3.73. The van der Waals surface area contributed by atoms with Crippen LogP contribution in [-0.4, -0.2) is 49.9 Å². The Labute approximate surface area is 200 Å². The van der Waals surface area contributed by atoms with E-state index in [9.17, 15) is 18.0 Å². The molecule has 3 rings (SSSR count). The molecule has 2 aromatic rings. The number of hydrogen-bond donors (Lipinski definition) is 1. The Bertz CT molecular complexity index is 1210. The minimum Gasteiger partial charge on any atom is -0.492 e. The van der Waals surface area contributed by atoms with Gasteiger partial charge in [0.2, 0.25) is 15.9 Å². The molecule has 1 aliphatic rings. The highest BCUT2D eigenvalue weighted by molar-refractivity contribution is 7.89. The largest absolute Gasteiger partial charge is 0.492 e. The van der Waals surface area contributed by atoms with E-state index >= 15 is 0 Å². The van der Waals surface area contributed by atoms with Crippen molar-refractivity contribution in [2.45, 2.75) is 45.4 Å². The number of benzene rings is 2. The molecular formula is C24H30N4O5S. The van der Waals surface area contributed by atoms with E-state index in [2.05, 4.69) is 10.4 Å². The van der Waals surface area contributed by atoms with Crippen LogP contribution in [0.15, 0.2) is 52.5 Å². The van der Waals surface area contributed by atoms with Crippen molar-refractivity contribution in [2.24, 2.45) is 5.10 Å². The maximum absolute atomic E-state index is 13.1. The maximum atomic E-state index is 13.1. The third kappa shape index (κ3) is 5.45. The molecule has 0 bridgehead atoms. The zero-order chi connectivity index (χ0) is 24.9. The average molecular weight is 487 g/mol. The van der Waals surface area contributed by atoms with Crippen LogP contribution in [-0.2, 0) is 19.6 Å². The van der Waals surface area contributed by atoms with E-state index in [-0.39, 0.29) is 35.0 Å². The number of ether oxygens (including phenoxy) is 1. The van der Waals surface area contributed by atoms with Crippen LogP contribution < -0.4 is 15.1 Å². The summed E-state index contributed by atoms with van der Waals surface area (Å²) in [6.45, 7) is 8.22. The topological polar surface area (TPSA) is 108 Å². The van der Waals surface area contributed by atoms with Gasteiger partial charge in [-0.15, -0.1) is 0 Å². The van der Waals surface area contributed by atoms with Crippen LogP contribution in [0.25, 0.3) is 0 Å². The molecule has 0 spiro atoms. The van der Waals surface area contributed by atoms with E-state index < -0.39 is 15.9 Å². The summed E-state index contributed by atoms with van der Waals surface area (Å²) in [5.41, 5.74) is 1.93. The summed E-state index contributed by atoms with van der Waals surface area (Å²) in [6.07, 6.45) is 0.309. The van der Waals surface area contributed by atoms with Crippen LogP contribution in [0.4, 0.5) is 11.4 Å². The first kappa shape index (κ1) is 25.4. The zero-order valence-electron chi connectivity index (χ0n) is 19.9. The third-order valence-corrected chi connectivity index (χ3v) is 7.43. The molecule has 0 atom stereocenters. The lowest BCUT2D eigenvalue weighted by Crippen LogP contribution is -2.36. The van der Waals surface area contributed by atoms with Crippen molar-refractivity contribution in [3.8, 4) is 5.75 Å². The van der Waals surface area contributed by atoms with E-state index in [1.807, 2.05) is 25.1 Å². The summed E-state index contributed by atoms with van der Waals surface area (Å²) >= 11 is 0. The highest BCUT2D eigenvalue weighted by atomic mass is 32.2. The molecule has 1 aliphatic heterocycles. The van der Waals surface area contributed by atoms with Gasteiger partial charge in [-0.25, -0.2) is 13.4 Å². The molecule has 10 heteroatoms. The number of anilines is 2. The molecule has 1 heterocycles. The Kier molecular flexibility index (Phi) is 8.06. The van der Waals surface area contributed by atoms with E-state index in [0.29, 0.717) is 31.1 Å². The monoisotopic (exact) mass is 486 g/mol. The second-order valence-corrected chi connectivity index (χ2v) is 9.66. The van der Waals surface area contributed by atoms with E-state index in [1.54, 1.807) is 26.8 Å². The van der Waals surface area contributed by atoms with Crippen LogP contribution in [0.1, 0.15) is 39.2 Å². The van der Waals surface area contributed by atoms with Gasteiger partial charge >= 0.3 is 0 Å². The van der Waals surface area contributed by atoms with Gasteiger partial charge in [0, 0.05) is 25.9 Å². The van der Waals surface area contributed by atoms with Gasteiger partial charge in [-0.05, 0) is 49.7 Å². The number of amides is 2. The average Bonchev–Trinajstić information content (AvgIpc) is 2.81. The second kappa shape index (κ2) is 10.8. The van der Waals surface area contributed by atoms with Gasteiger partial charge in [0.05, 0.1) is 22.9 Å². The van der Waals surface area contributed by atoms with Gasteiger partial charge < -0.3 is 10.1 Å². The van der Waals surface area contributed by atoms with E-state index in [1.165, 1.54) is 27.5 Å². The number of nitrogens with zero attached hydrogens (tertiary/aromatic N) is 3. The second-order valence-electron chi connectivity index (χ2n) is 7.73. The van der Waals surface area contributed by atoms with Crippen molar-refractivity contribution < 1.29 is 22.7 Å². The molecule has 0 fully saturated rings. The van der Waals surface area contributed by atoms with Crippen LogP contribution in [0.5, 0.6) is 5.75 Å². The van der Waals surface area contributed by atoms with Crippen molar-refractivity contribution in [2.75, 3.05) is 30.0 Å². The van der Waals surface area contributed by atoms with Crippen molar-refractivity contribution in [1.29, 1.82) is 0 Å². The Hall–Kier alpha value is -3.24. The van der Waals surface area contributed by atoms with Gasteiger partial charge in [0.15, 0.2) is 0 Å². The number of aryl methyl sites for hydroxylation is 1. The molecule has 0 unspecified atom stereocenters. The lowest BCUT2D eigenvalue weighted by atomic mass is 10.1. The zero-order valence-corrected chi connectivity index (χ0v) is 20.7. The Morgan fingerprint density at radius 1 is 1.12 bits per heavy atom. The maximum Gasteiger partial charge on any atom is 0.271 e. The number of sulfonamides is 1. The number of carbonyl (C=O) groups excluding carboxylic acids is 2. The normalized spacial score (nSPS) is 14.2. The summed E-state index contributed by atoms with van der Waals surface area (Å²) in [5.74, 6) is -0.384. The predicted molar refractivity (Wildman–Crippen MR) is 132 cm³/mol. The first-order valence-electron chi connectivity index (χ1n) is 11.3. The fourth-order valence-electron chi connectivity index (χ4n) is 3.63. The molecular weight excluding hydrogens is 456 g/mol. The summed E-state index contributed by atoms with van der Waals surface area (Å²) in [6, 6.07) is 11.7. The number of rotatable bonds is 9. The fraction of sp³-hybridized carbons (Fsp3) is 0.375. The standard InChI is InChI=1S/C24H30N4O5S/c1-5-27(6-2)34(31,32)19-11-13-22(33-7-3)21(16-19)25-24(30)20-12-14-23(29)28(26-20)18-10-8-9-17(4)15-18/h8-11,13,15-16H,5-7,12,14H2,1-4H3,(H,25,30).